The predicted octanol–water partition coefficient (Wildman–Crippen LogP) is 1.53. The fourth-order valence-electron chi connectivity index (χ4n) is 3.25. The molecule has 1 fully saturated rings. The van der Waals surface area contributed by atoms with Crippen molar-refractivity contribution in [2.24, 2.45) is 0 Å². The maximum absolute atomic E-state index is 12.9. The lowest BCUT2D eigenvalue weighted by Gasteiger charge is -2.22. The molecule has 1 unspecified atom stereocenters. The normalized spacial score (nSPS) is 18.8. The van der Waals surface area contributed by atoms with Crippen LogP contribution in [0.2, 0.25) is 0 Å². The average Bonchev–Trinajstić information content (AvgIpc) is 3.10. The van der Waals surface area contributed by atoms with Gasteiger partial charge in [0.05, 0.1) is 12.7 Å². The molecule has 2 aromatic rings. The number of carbonyl (C=O) groups is 4. The fraction of sp³-hybridized carbons (Fsp3) is 0.263. The SMILES string of the molecule is COC(=O)c1c(C)[nH]c(C(=O)NN2C(=O)NC(C)(c3ccccc3)C2=O)c1C. The molecule has 9 nitrogen and oxygen atoms in total. The van der Waals surface area contributed by atoms with Crippen LogP contribution in [-0.4, -0.2) is 40.9 Å². The zero-order valence-electron chi connectivity index (χ0n) is 15.9. The van der Waals surface area contributed by atoms with Crippen LogP contribution in [0.5, 0.6) is 0 Å². The van der Waals surface area contributed by atoms with Gasteiger partial charge in [0.2, 0.25) is 0 Å². The molecule has 1 atom stereocenters. The molecule has 4 amide bonds. The summed E-state index contributed by atoms with van der Waals surface area (Å²) in [4.78, 5) is 52.6. The summed E-state index contributed by atoms with van der Waals surface area (Å²) in [5.74, 6) is -1.93. The third-order valence-corrected chi connectivity index (χ3v) is 4.81. The molecule has 0 spiro atoms. The highest BCUT2D eigenvalue weighted by Gasteiger charge is 2.50. The van der Waals surface area contributed by atoms with Crippen LogP contribution in [0, 0.1) is 13.8 Å². The maximum atomic E-state index is 12.9. The summed E-state index contributed by atoms with van der Waals surface area (Å²) >= 11 is 0. The van der Waals surface area contributed by atoms with E-state index in [1.54, 1.807) is 51.1 Å². The Morgan fingerprint density at radius 1 is 1.14 bits per heavy atom. The summed E-state index contributed by atoms with van der Waals surface area (Å²) in [6, 6.07) is 7.97. The van der Waals surface area contributed by atoms with Gasteiger partial charge in [-0.25, -0.2) is 9.59 Å². The second kappa shape index (κ2) is 6.84. The minimum absolute atomic E-state index is 0.0619. The molecule has 1 aliphatic rings. The highest BCUT2D eigenvalue weighted by atomic mass is 16.5. The van der Waals surface area contributed by atoms with E-state index in [2.05, 4.69) is 15.7 Å². The standard InChI is InChI=1S/C19H20N4O5/c1-10-13(16(25)28-4)11(2)20-14(10)15(24)22-23-17(26)19(3,21-18(23)27)12-8-6-5-7-9-12/h5-9,20H,1-4H3,(H,21,27)(H,22,24). The van der Waals surface area contributed by atoms with Crippen molar-refractivity contribution in [3.05, 3.63) is 58.4 Å². The molecule has 0 aliphatic carbocycles. The van der Waals surface area contributed by atoms with E-state index in [0.29, 0.717) is 21.8 Å². The van der Waals surface area contributed by atoms with Gasteiger partial charge >= 0.3 is 12.0 Å². The monoisotopic (exact) mass is 384 g/mol. The lowest BCUT2D eigenvalue weighted by molar-refractivity contribution is -0.132. The van der Waals surface area contributed by atoms with Crippen molar-refractivity contribution in [1.82, 2.24) is 20.7 Å². The Morgan fingerprint density at radius 3 is 2.39 bits per heavy atom. The van der Waals surface area contributed by atoms with E-state index in [-0.39, 0.29) is 11.3 Å². The highest BCUT2D eigenvalue weighted by molar-refractivity contribution is 6.09. The summed E-state index contributed by atoms with van der Waals surface area (Å²) in [6.07, 6.45) is 0. The molecule has 3 rings (SSSR count). The van der Waals surface area contributed by atoms with E-state index in [0.717, 1.165) is 0 Å². The van der Waals surface area contributed by atoms with Crippen molar-refractivity contribution in [2.45, 2.75) is 26.3 Å². The van der Waals surface area contributed by atoms with Crippen LogP contribution >= 0.6 is 0 Å². The number of nitrogens with one attached hydrogen (secondary N) is 3. The van der Waals surface area contributed by atoms with E-state index in [9.17, 15) is 19.2 Å². The van der Waals surface area contributed by atoms with Crippen molar-refractivity contribution in [2.75, 3.05) is 7.11 Å². The largest absolute Gasteiger partial charge is 0.465 e. The highest BCUT2D eigenvalue weighted by Crippen LogP contribution is 2.28. The zero-order valence-corrected chi connectivity index (χ0v) is 15.9. The first-order chi connectivity index (χ1) is 13.2. The molecule has 1 aliphatic heterocycles. The number of hydrogen-bond donors (Lipinski definition) is 3. The van der Waals surface area contributed by atoms with Gasteiger partial charge in [0.25, 0.3) is 11.8 Å². The number of methoxy groups -OCH3 is 1. The van der Waals surface area contributed by atoms with E-state index < -0.39 is 29.4 Å². The maximum Gasteiger partial charge on any atom is 0.344 e. The van der Waals surface area contributed by atoms with Crippen molar-refractivity contribution >= 4 is 23.8 Å². The second-order valence-corrected chi connectivity index (χ2v) is 6.62. The number of esters is 1. The van der Waals surface area contributed by atoms with Gasteiger partial charge in [-0.15, -0.1) is 0 Å². The third kappa shape index (κ3) is 2.90. The molecule has 9 heteroatoms. The van der Waals surface area contributed by atoms with E-state index in [1.165, 1.54) is 7.11 Å². The van der Waals surface area contributed by atoms with E-state index in [1.807, 2.05) is 0 Å². The van der Waals surface area contributed by atoms with Crippen LogP contribution in [-0.2, 0) is 15.1 Å². The van der Waals surface area contributed by atoms with Gasteiger partial charge in [-0.3, -0.25) is 15.0 Å². The number of urea groups is 1. The molecule has 146 valence electrons. The molecular formula is C19H20N4O5. The molecule has 28 heavy (non-hydrogen) atoms. The van der Waals surface area contributed by atoms with Crippen LogP contribution in [0.1, 0.15) is 44.6 Å². The van der Waals surface area contributed by atoms with E-state index >= 15 is 0 Å². The quantitative estimate of drug-likeness (QED) is 0.545. The average molecular weight is 384 g/mol. The van der Waals surface area contributed by atoms with Gasteiger partial charge in [0, 0.05) is 5.69 Å². The number of aryl methyl sites for hydroxylation is 1. The summed E-state index contributed by atoms with van der Waals surface area (Å²) in [5.41, 5.74) is 2.70. The van der Waals surface area contributed by atoms with Crippen molar-refractivity contribution in [3.8, 4) is 0 Å². The first-order valence-electron chi connectivity index (χ1n) is 8.51. The van der Waals surface area contributed by atoms with Gasteiger partial charge in [-0.05, 0) is 31.9 Å². The molecule has 1 aromatic heterocycles. The van der Waals surface area contributed by atoms with Crippen LogP contribution in [0.3, 0.4) is 0 Å². The smallest absolute Gasteiger partial charge is 0.344 e. The number of hydrogen-bond acceptors (Lipinski definition) is 5. The number of carbonyl (C=O) groups excluding carboxylic acids is 4. The molecule has 2 heterocycles. The van der Waals surface area contributed by atoms with Crippen LogP contribution in [0.25, 0.3) is 0 Å². The number of imide groups is 1. The van der Waals surface area contributed by atoms with Gasteiger partial charge in [0.15, 0.2) is 0 Å². The number of rotatable bonds is 4. The Hall–Kier alpha value is -3.62. The number of H-pyrrole nitrogens is 1. The first kappa shape index (κ1) is 19.2. The fourth-order valence-corrected chi connectivity index (χ4v) is 3.25. The van der Waals surface area contributed by atoms with E-state index in [4.69, 9.17) is 4.74 Å². The Labute approximate surface area is 161 Å². The number of hydrazine groups is 1. The number of aromatic nitrogens is 1. The minimum atomic E-state index is -1.30. The summed E-state index contributed by atoms with van der Waals surface area (Å²) in [6.45, 7) is 4.76. The summed E-state index contributed by atoms with van der Waals surface area (Å²) in [7, 11) is 1.24. The predicted molar refractivity (Wildman–Crippen MR) is 98.2 cm³/mol. The minimum Gasteiger partial charge on any atom is -0.465 e. The molecule has 3 N–H and O–H groups in total. The van der Waals surface area contributed by atoms with Crippen molar-refractivity contribution in [3.63, 3.8) is 0 Å². The Bertz CT molecular complexity index is 982. The first-order valence-corrected chi connectivity index (χ1v) is 8.51. The van der Waals surface area contributed by atoms with Gasteiger partial charge in [-0.1, -0.05) is 30.3 Å². The van der Waals surface area contributed by atoms with Gasteiger partial charge < -0.3 is 15.0 Å². The molecule has 1 saturated heterocycles. The number of benzene rings is 1. The van der Waals surface area contributed by atoms with Crippen LogP contribution in [0.4, 0.5) is 4.79 Å². The Kier molecular flexibility index (Phi) is 4.68. The zero-order chi connectivity index (χ0) is 20.6. The van der Waals surface area contributed by atoms with Gasteiger partial charge in [0.1, 0.15) is 11.2 Å². The Morgan fingerprint density at radius 2 is 1.79 bits per heavy atom. The van der Waals surface area contributed by atoms with Crippen LogP contribution in [0.15, 0.2) is 30.3 Å². The van der Waals surface area contributed by atoms with Gasteiger partial charge in [-0.2, -0.15) is 5.01 Å². The topological polar surface area (TPSA) is 121 Å². The summed E-state index contributed by atoms with van der Waals surface area (Å²) < 4.78 is 4.72. The molecule has 0 radical (unpaired) electrons. The number of nitrogens with zero attached hydrogens (tertiary/aromatic N) is 1. The van der Waals surface area contributed by atoms with Crippen LogP contribution < -0.4 is 10.7 Å². The molecule has 0 bridgehead atoms. The lowest BCUT2D eigenvalue weighted by Crippen LogP contribution is -2.48. The molecule has 0 saturated carbocycles. The third-order valence-electron chi connectivity index (χ3n) is 4.81. The number of amides is 4. The lowest BCUT2D eigenvalue weighted by atomic mass is 9.92. The Balaban J connectivity index is 1.87. The number of ether oxygens (including phenoxy) is 1. The number of aromatic amines is 1. The second-order valence-electron chi connectivity index (χ2n) is 6.62. The molecule has 1 aromatic carbocycles. The summed E-state index contributed by atoms with van der Waals surface area (Å²) in [5, 5.41) is 3.24. The van der Waals surface area contributed by atoms with Crippen molar-refractivity contribution < 1.29 is 23.9 Å². The molecular weight excluding hydrogens is 364 g/mol. The van der Waals surface area contributed by atoms with Crippen molar-refractivity contribution in [1.29, 1.82) is 0 Å².